The lowest BCUT2D eigenvalue weighted by Gasteiger charge is -2.23. The number of nitrogens with zero attached hydrogens (tertiary/aromatic N) is 2. The summed E-state index contributed by atoms with van der Waals surface area (Å²) in [5.41, 5.74) is 2.72. The standard InChI is InChI=1S/C16H20N2O2/c1-6-9-18(10-17)14-7-8-15(20-13(5)19)12(4)16(14)11(2)3/h6-8,11H,1,9H2,2-5H3. The van der Waals surface area contributed by atoms with Crippen molar-refractivity contribution in [2.24, 2.45) is 0 Å². The summed E-state index contributed by atoms with van der Waals surface area (Å²) in [5.74, 6) is 0.404. The molecule has 0 amide bonds. The van der Waals surface area contributed by atoms with Crippen LogP contribution < -0.4 is 9.64 Å². The van der Waals surface area contributed by atoms with Gasteiger partial charge in [0.25, 0.3) is 0 Å². The Kier molecular flexibility index (Phi) is 5.33. The SMILES string of the molecule is C=CCN(C#N)c1ccc(OC(C)=O)c(C)c1C(C)C. The largest absolute Gasteiger partial charge is 0.426 e. The summed E-state index contributed by atoms with van der Waals surface area (Å²) in [6.07, 6.45) is 3.84. The lowest BCUT2D eigenvalue weighted by Crippen LogP contribution is -2.19. The molecule has 0 aromatic heterocycles. The number of carbonyl (C=O) groups excluding carboxylic acids is 1. The van der Waals surface area contributed by atoms with E-state index < -0.39 is 0 Å². The third-order valence-electron chi connectivity index (χ3n) is 3.00. The van der Waals surface area contributed by atoms with E-state index in [9.17, 15) is 10.1 Å². The van der Waals surface area contributed by atoms with Gasteiger partial charge in [0.05, 0.1) is 12.2 Å². The maximum atomic E-state index is 11.1. The Hall–Kier alpha value is -2.28. The van der Waals surface area contributed by atoms with Crippen LogP contribution in [0, 0.1) is 18.4 Å². The molecule has 0 heterocycles. The van der Waals surface area contributed by atoms with Crippen molar-refractivity contribution >= 4 is 11.7 Å². The summed E-state index contributed by atoms with van der Waals surface area (Å²) >= 11 is 0. The van der Waals surface area contributed by atoms with Crippen LogP contribution >= 0.6 is 0 Å². The van der Waals surface area contributed by atoms with Crippen LogP contribution in [-0.4, -0.2) is 12.5 Å². The average Bonchev–Trinajstić information content (AvgIpc) is 2.37. The zero-order chi connectivity index (χ0) is 15.3. The molecule has 0 aliphatic carbocycles. The number of hydrogen-bond donors (Lipinski definition) is 0. The minimum absolute atomic E-state index is 0.209. The highest BCUT2D eigenvalue weighted by atomic mass is 16.5. The van der Waals surface area contributed by atoms with Gasteiger partial charge in [0, 0.05) is 6.92 Å². The molecule has 1 rings (SSSR count). The molecule has 4 nitrogen and oxygen atoms in total. The summed E-state index contributed by atoms with van der Waals surface area (Å²) in [4.78, 5) is 12.7. The highest BCUT2D eigenvalue weighted by Gasteiger charge is 2.18. The van der Waals surface area contributed by atoms with Crippen molar-refractivity contribution in [2.75, 3.05) is 11.4 Å². The molecule has 0 unspecified atom stereocenters. The van der Waals surface area contributed by atoms with Crippen molar-refractivity contribution in [3.8, 4) is 11.9 Å². The van der Waals surface area contributed by atoms with E-state index in [0.29, 0.717) is 12.3 Å². The van der Waals surface area contributed by atoms with Crippen LogP contribution in [0.25, 0.3) is 0 Å². The van der Waals surface area contributed by atoms with Crippen molar-refractivity contribution in [3.05, 3.63) is 35.9 Å². The summed E-state index contributed by atoms with van der Waals surface area (Å²) < 4.78 is 5.20. The topological polar surface area (TPSA) is 53.3 Å². The number of rotatable bonds is 5. The van der Waals surface area contributed by atoms with Gasteiger partial charge in [-0.3, -0.25) is 9.69 Å². The molecule has 0 bridgehead atoms. The smallest absolute Gasteiger partial charge is 0.308 e. The van der Waals surface area contributed by atoms with Crippen molar-refractivity contribution < 1.29 is 9.53 Å². The van der Waals surface area contributed by atoms with Gasteiger partial charge in [-0.15, -0.1) is 6.58 Å². The lowest BCUT2D eigenvalue weighted by atomic mass is 9.94. The Bertz CT molecular complexity index is 556. The van der Waals surface area contributed by atoms with E-state index in [-0.39, 0.29) is 11.9 Å². The normalized spacial score (nSPS) is 10.0. The average molecular weight is 272 g/mol. The Morgan fingerprint density at radius 2 is 2.20 bits per heavy atom. The second-order valence-corrected chi connectivity index (χ2v) is 4.87. The molecule has 20 heavy (non-hydrogen) atoms. The number of esters is 1. The molecule has 106 valence electrons. The van der Waals surface area contributed by atoms with Gasteiger partial charge in [-0.2, -0.15) is 5.26 Å². The summed E-state index contributed by atoms with van der Waals surface area (Å²) in [7, 11) is 0. The highest BCUT2D eigenvalue weighted by molar-refractivity contribution is 5.72. The van der Waals surface area contributed by atoms with Crippen LogP contribution in [0.15, 0.2) is 24.8 Å². The Morgan fingerprint density at radius 1 is 1.55 bits per heavy atom. The van der Waals surface area contributed by atoms with Gasteiger partial charge in [-0.1, -0.05) is 19.9 Å². The van der Waals surface area contributed by atoms with Crippen molar-refractivity contribution in [1.29, 1.82) is 5.26 Å². The monoisotopic (exact) mass is 272 g/mol. The molecule has 0 radical (unpaired) electrons. The van der Waals surface area contributed by atoms with Crippen molar-refractivity contribution in [3.63, 3.8) is 0 Å². The number of anilines is 1. The molecule has 0 spiro atoms. The minimum atomic E-state index is -0.348. The van der Waals surface area contributed by atoms with E-state index in [1.807, 2.05) is 26.8 Å². The van der Waals surface area contributed by atoms with Gasteiger partial charge in [-0.25, -0.2) is 0 Å². The second kappa shape index (κ2) is 6.76. The molecule has 0 saturated carbocycles. The van der Waals surface area contributed by atoms with E-state index >= 15 is 0 Å². The zero-order valence-electron chi connectivity index (χ0n) is 12.4. The molecule has 0 fully saturated rings. The maximum absolute atomic E-state index is 11.1. The molecule has 4 heteroatoms. The summed E-state index contributed by atoms with van der Waals surface area (Å²) in [6, 6.07) is 3.54. The molecule has 0 atom stereocenters. The summed E-state index contributed by atoms with van der Waals surface area (Å²) in [6.45, 7) is 11.5. The van der Waals surface area contributed by atoms with Gasteiger partial charge in [-0.05, 0) is 36.1 Å². The Balaban J connectivity index is 3.40. The van der Waals surface area contributed by atoms with E-state index in [4.69, 9.17) is 4.74 Å². The van der Waals surface area contributed by atoms with Crippen LogP contribution in [0.5, 0.6) is 5.75 Å². The third kappa shape index (κ3) is 3.39. The molecule has 1 aromatic carbocycles. The fourth-order valence-corrected chi connectivity index (χ4v) is 2.25. The zero-order valence-corrected chi connectivity index (χ0v) is 12.4. The van der Waals surface area contributed by atoms with Crippen LogP contribution in [0.4, 0.5) is 5.69 Å². The van der Waals surface area contributed by atoms with Crippen LogP contribution in [0.2, 0.25) is 0 Å². The Labute approximate surface area is 120 Å². The highest BCUT2D eigenvalue weighted by Crippen LogP contribution is 2.35. The van der Waals surface area contributed by atoms with E-state index in [1.54, 1.807) is 17.0 Å². The van der Waals surface area contributed by atoms with E-state index in [2.05, 4.69) is 12.8 Å². The number of carbonyl (C=O) groups is 1. The van der Waals surface area contributed by atoms with Gasteiger partial charge in [0.15, 0.2) is 6.19 Å². The minimum Gasteiger partial charge on any atom is -0.426 e. The quantitative estimate of drug-likeness (QED) is 0.270. The molecule has 0 N–H and O–H groups in total. The van der Waals surface area contributed by atoms with Gasteiger partial charge in [0.2, 0.25) is 0 Å². The van der Waals surface area contributed by atoms with Crippen LogP contribution in [-0.2, 0) is 4.79 Å². The fraction of sp³-hybridized carbons (Fsp3) is 0.375. The predicted octanol–water partition coefficient (Wildman–Crippen LogP) is 3.52. The molecule has 0 saturated heterocycles. The van der Waals surface area contributed by atoms with Crippen molar-refractivity contribution in [1.82, 2.24) is 0 Å². The Morgan fingerprint density at radius 3 is 2.65 bits per heavy atom. The molecular weight excluding hydrogens is 252 g/mol. The number of nitriles is 1. The molecule has 0 aliphatic rings. The van der Waals surface area contributed by atoms with Crippen LogP contribution in [0.3, 0.4) is 0 Å². The first-order valence-electron chi connectivity index (χ1n) is 6.52. The van der Waals surface area contributed by atoms with E-state index in [1.165, 1.54) is 6.92 Å². The molecule has 0 aliphatic heterocycles. The van der Waals surface area contributed by atoms with Gasteiger partial charge < -0.3 is 4.74 Å². The molecular formula is C16H20N2O2. The second-order valence-electron chi connectivity index (χ2n) is 4.87. The number of hydrogen-bond acceptors (Lipinski definition) is 4. The predicted molar refractivity (Wildman–Crippen MR) is 79.7 cm³/mol. The maximum Gasteiger partial charge on any atom is 0.308 e. The van der Waals surface area contributed by atoms with E-state index in [0.717, 1.165) is 16.8 Å². The molecule has 1 aromatic rings. The number of ether oxygens (including phenoxy) is 1. The first-order chi connectivity index (χ1) is 9.42. The fourth-order valence-electron chi connectivity index (χ4n) is 2.25. The summed E-state index contributed by atoms with van der Waals surface area (Å²) in [5, 5.41) is 9.27. The first-order valence-corrected chi connectivity index (χ1v) is 6.52. The van der Waals surface area contributed by atoms with Gasteiger partial charge in [0.1, 0.15) is 5.75 Å². The van der Waals surface area contributed by atoms with Gasteiger partial charge >= 0.3 is 5.97 Å². The van der Waals surface area contributed by atoms with Crippen LogP contribution in [0.1, 0.15) is 37.8 Å². The number of benzene rings is 1. The van der Waals surface area contributed by atoms with Crippen molar-refractivity contribution in [2.45, 2.75) is 33.6 Å². The third-order valence-corrected chi connectivity index (χ3v) is 3.00. The lowest BCUT2D eigenvalue weighted by molar-refractivity contribution is -0.131. The first kappa shape index (κ1) is 15.8.